The lowest BCUT2D eigenvalue weighted by Gasteiger charge is -2.15. The van der Waals surface area contributed by atoms with Gasteiger partial charge < -0.3 is 9.84 Å². The number of halogens is 4. The van der Waals surface area contributed by atoms with Crippen molar-refractivity contribution < 1.29 is 27.8 Å². The van der Waals surface area contributed by atoms with Gasteiger partial charge in [-0.3, -0.25) is 9.36 Å². The molecule has 0 bridgehead atoms. The monoisotopic (exact) mass is 537 g/mol. The maximum absolute atomic E-state index is 13.1. The van der Waals surface area contributed by atoms with E-state index in [4.69, 9.17) is 22.8 Å². The van der Waals surface area contributed by atoms with Crippen molar-refractivity contribution in [3.05, 3.63) is 92.5 Å². The SMILES string of the molecule is C#Cc1c(C(=O)O)cccc1-c1cc(Cl)ccc1OCCn1cnc2cc(C(F)(F)F)cc(C#N)c2c1=O. The summed E-state index contributed by atoms with van der Waals surface area (Å²) in [6.07, 6.45) is 1.96. The van der Waals surface area contributed by atoms with Crippen LogP contribution < -0.4 is 10.3 Å². The van der Waals surface area contributed by atoms with Gasteiger partial charge in [-0.2, -0.15) is 18.4 Å². The molecule has 11 heteroatoms. The number of carboxylic acid groups (broad SMARTS) is 1. The number of hydrogen-bond donors (Lipinski definition) is 1. The quantitative estimate of drug-likeness (QED) is 0.332. The van der Waals surface area contributed by atoms with Crippen LogP contribution in [0.3, 0.4) is 0 Å². The van der Waals surface area contributed by atoms with Crippen molar-refractivity contribution in [3.63, 3.8) is 0 Å². The normalized spacial score (nSPS) is 11.1. The van der Waals surface area contributed by atoms with E-state index in [-0.39, 0.29) is 35.2 Å². The number of nitrogens with zero attached hydrogens (tertiary/aromatic N) is 3. The molecule has 0 radical (unpaired) electrons. The van der Waals surface area contributed by atoms with Gasteiger partial charge >= 0.3 is 12.1 Å². The molecular weight excluding hydrogens is 523 g/mol. The fraction of sp³-hybridized carbons (Fsp3) is 0.111. The average Bonchev–Trinajstić information content (AvgIpc) is 2.88. The molecule has 0 unspecified atom stereocenters. The van der Waals surface area contributed by atoms with E-state index in [9.17, 15) is 33.1 Å². The Balaban J connectivity index is 1.66. The smallest absolute Gasteiger partial charge is 0.416 e. The van der Waals surface area contributed by atoms with Crippen molar-refractivity contribution in [2.45, 2.75) is 12.7 Å². The van der Waals surface area contributed by atoms with Gasteiger partial charge in [-0.1, -0.05) is 29.7 Å². The Morgan fingerprint density at radius 2 is 1.95 bits per heavy atom. The second-order valence-electron chi connectivity index (χ2n) is 7.94. The highest BCUT2D eigenvalue weighted by Gasteiger charge is 2.32. The van der Waals surface area contributed by atoms with Gasteiger partial charge in [-0.25, -0.2) is 9.78 Å². The van der Waals surface area contributed by atoms with E-state index in [2.05, 4.69) is 10.9 Å². The van der Waals surface area contributed by atoms with Gasteiger partial charge in [0, 0.05) is 21.7 Å². The summed E-state index contributed by atoms with van der Waals surface area (Å²) in [6, 6.07) is 12.1. The first-order chi connectivity index (χ1) is 18.0. The number of alkyl halides is 3. The van der Waals surface area contributed by atoms with E-state index in [1.807, 2.05) is 0 Å². The largest absolute Gasteiger partial charge is 0.491 e. The summed E-state index contributed by atoms with van der Waals surface area (Å²) >= 11 is 6.16. The lowest BCUT2D eigenvalue weighted by atomic mass is 9.95. The number of fused-ring (bicyclic) bond motifs is 1. The molecule has 0 spiro atoms. The molecule has 0 atom stereocenters. The zero-order valence-corrected chi connectivity index (χ0v) is 20.0. The van der Waals surface area contributed by atoms with E-state index in [1.165, 1.54) is 12.1 Å². The van der Waals surface area contributed by atoms with E-state index in [0.29, 0.717) is 34.0 Å². The fourth-order valence-electron chi connectivity index (χ4n) is 3.90. The maximum atomic E-state index is 13.1. The summed E-state index contributed by atoms with van der Waals surface area (Å²) in [7, 11) is 0. The number of carbonyl (C=O) groups is 1. The van der Waals surface area contributed by atoms with Crippen LogP contribution in [0.5, 0.6) is 5.75 Å². The van der Waals surface area contributed by atoms with Gasteiger partial charge in [0.15, 0.2) is 0 Å². The molecule has 4 rings (SSSR count). The zero-order chi connectivity index (χ0) is 27.6. The molecule has 190 valence electrons. The van der Waals surface area contributed by atoms with Crippen LogP contribution in [-0.4, -0.2) is 27.2 Å². The van der Waals surface area contributed by atoms with Gasteiger partial charge in [0.2, 0.25) is 0 Å². The minimum absolute atomic E-state index is 0.0626. The van der Waals surface area contributed by atoms with Gasteiger partial charge in [0.1, 0.15) is 18.4 Å². The van der Waals surface area contributed by atoms with Crippen LogP contribution in [0.25, 0.3) is 22.0 Å². The van der Waals surface area contributed by atoms with Crippen molar-refractivity contribution in [1.29, 1.82) is 5.26 Å². The molecule has 7 nitrogen and oxygen atoms in total. The maximum Gasteiger partial charge on any atom is 0.416 e. The summed E-state index contributed by atoms with van der Waals surface area (Å²) in [5, 5.41) is 18.9. The third kappa shape index (κ3) is 5.03. The number of terminal acetylenes is 1. The number of rotatable bonds is 6. The number of hydrogen-bond acceptors (Lipinski definition) is 5. The first-order valence-electron chi connectivity index (χ1n) is 10.8. The van der Waals surface area contributed by atoms with Crippen molar-refractivity contribution in [2.24, 2.45) is 0 Å². The number of benzene rings is 3. The van der Waals surface area contributed by atoms with Crippen molar-refractivity contribution in [3.8, 4) is 35.3 Å². The molecule has 3 aromatic carbocycles. The van der Waals surface area contributed by atoms with Crippen LogP contribution in [0.1, 0.15) is 27.0 Å². The molecule has 0 aliphatic heterocycles. The fourth-order valence-corrected chi connectivity index (χ4v) is 4.07. The Morgan fingerprint density at radius 3 is 2.61 bits per heavy atom. The Bertz CT molecular complexity index is 1730. The number of ether oxygens (including phenoxy) is 1. The minimum atomic E-state index is -4.70. The van der Waals surface area contributed by atoms with Crippen molar-refractivity contribution >= 4 is 28.5 Å². The van der Waals surface area contributed by atoms with Gasteiger partial charge in [-0.15, -0.1) is 6.42 Å². The standard InChI is InChI=1S/C27H15ClF3N3O4/c1-2-18-19(4-3-5-20(18)26(36)37)21-12-17(28)6-7-23(21)38-9-8-34-14-33-22-11-16(27(29,30)31)10-15(13-32)24(22)25(34)35/h1,3-7,10-12,14H,8-9H2,(H,36,37). The Hall–Kier alpha value is -4.80. The molecular formula is C27H15ClF3N3O4. The predicted octanol–water partition coefficient (Wildman–Crippen LogP) is 5.37. The molecule has 0 aliphatic rings. The highest BCUT2D eigenvalue weighted by atomic mass is 35.5. The molecule has 0 fully saturated rings. The molecule has 1 heterocycles. The molecule has 1 aromatic heterocycles. The topological polar surface area (TPSA) is 105 Å². The van der Waals surface area contributed by atoms with Crippen LogP contribution in [0.15, 0.2) is 59.7 Å². The first kappa shape index (κ1) is 26.3. The number of nitriles is 1. The molecule has 0 saturated carbocycles. The molecule has 4 aromatic rings. The van der Waals surface area contributed by atoms with E-state index in [0.717, 1.165) is 10.9 Å². The third-order valence-electron chi connectivity index (χ3n) is 5.64. The van der Waals surface area contributed by atoms with Crippen LogP contribution in [0.4, 0.5) is 13.2 Å². The molecule has 0 amide bonds. The summed E-state index contributed by atoms with van der Waals surface area (Å²) in [6.45, 7) is -0.152. The second kappa shape index (κ2) is 10.3. The molecule has 0 aliphatic carbocycles. The van der Waals surface area contributed by atoms with Gasteiger partial charge in [-0.05, 0) is 36.4 Å². The van der Waals surface area contributed by atoms with Gasteiger partial charge in [0.25, 0.3) is 5.56 Å². The second-order valence-corrected chi connectivity index (χ2v) is 8.37. The molecule has 1 N–H and O–H groups in total. The highest BCUT2D eigenvalue weighted by Crippen LogP contribution is 2.36. The summed E-state index contributed by atoms with van der Waals surface area (Å²) in [5.41, 5.74) is -1.61. The van der Waals surface area contributed by atoms with E-state index in [1.54, 1.807) is 30.3 Å². The van der Waals surface area contributed by atoms with Gasteiger partial charge in [0.05, 0.1) is 40.5 Å². The summed E-state index contributed by atoms with van der Waals surface area (Å²) < 4.78 is 46.4. The Kier molecular flexibility index (Phi) is 7.11. The number of carboxylic acids is 1. The minimum Gasteiger partial charge on any atom is -0.491 e. The average molecular weight is 538 g/mol. The van der Waals surface area contributed by atoms with Crippen LogP contribution in [-0.2, 0) is 12.7 Å². The Labute approximate surface area is 218 Å². The highest BCUT2D eigenvalue weighted by molar-refractivity contribution is 6.31. The van der Waals surface area contributed by atoms with Crippen molar-refractivity contribution in [1.82, 2.24) is 9.55 Å². The zero-order valence-electron chi connectivity index (χ0n) is 19.2. The summed E-state index contributed by atoms with van der Waals surface area (Å²) in [5.74, 6) is 1.48. The first-order valence-corrected chi connectivity index (χ1v) is 11.2. The lowest BCUT2D eigenvalue weighted by molar-refractivity contribution is -0.137. The van der Waals surface area contributed by atoms with Crippen molar-refractivity contribution in [2.75, 3.05) is 6.61 Å². The predicted molar refractivity (Wildman–Crippen MR) is 133 cm³/mol. The summed E-state index contributed by atoms with van der Waals surface area (Å²) in [4.78, 5) is 28.5. The third-order valence-corrected chi connectivity index (χ3v) is 5.87. The van der Waals surface area contributed by atoms with E-state index < -0.39 is 28.8 Å². The van der Waals surface area contributed by atoms with Crippen LogP contribution in [0.2, 0.25) is 5.02 Å². The Morgan fingerprint density at radius 1 is 1.18 bits per heavy atom. The number of aromatic nitrogens is 2. The molecule has 0 saturated heterocycles. The number of aromatic carboxylic acids is 1. The van der Waals surface area contributed by atoms with Crippen LogP contribution in [0, 0.1) is 23.7 Å². The van der Waals surface area contributed by atoms with E-state index >= 15 is 0 Å². The molecule has 38 heavy (non-hydrogen) atoms. The lowest BCUT2D eigenvalue weighted by Crippen LogP contribution is -2.24. The van der Waals surface area contributed by atoms with Crippen LogP contribution >= 0.6 is 11.6 Å².